The summed E-state index contributed by atoms with van der Waals surface area (Å²) >= 11 is 1.31. The van der Waals surface area contributed by atoms with Gasteiger partial charge in [-0.05, 0) is 38.3 Å². The molecule has 0 aliphatic heterocycles. The van der Waals surface area contributed by atoms with Gasteiger partial charge < -0.3 is 10.5 Å². The summed E-state index contributed by atoms with van der Waals surface area (Å²) in [6.45, 7) is 5.65. The molecule has 2 aromatic heterocycles. The standard InChI is InChI=1S/C13H16N2O3S/c1-13(2,3)18-12(17)15-5-4-8-6-9(7-14)19-10(8)11(15)16/h4-6H,7,14H2,1-3H3. The number of hydrogen-bond donors (Lipinski definition) is 1. The lowest BCUT2D eigenvalue weighted by atomic mass is 10.2. The van der Waals surface area contributed by atoms with Crippen molar-refractivity contribution in [1.29, 1.82) is 0 Å². The Morgan fingerprint density at radius 1 is 1.47 bits per heavy atom. The van der Waals surface area contributed by atoms with E-state index in [1.165, 1.54) is 17.5 Å². The second kappa shape index (κ2) is 4.79. The average Bonchev–Trinajstić information content (AvgIpc) is 2.71. The number of hydrogen-bond acceptors (Lipinski definition) is 5. The number of ether oxygens (including phenoxy) is 1. The van der Waals surface area contributed by atoms with Gasteiger partial charge in [0.2, 0.25) is 0 Å². The van der Waals surface area contributed by atoms with Crippen LogP contribution in [-0.2, 0) is 11.3 Å². The van der Waals surface area contributed by atoms with Crippen molar-refractivity contribution in [1.82, 2.24) is 4.57 Å². The van der Waals surface area contributed by atoms with E-state index in [4.69, 9.17) is 10.5 Å². The van der Waals surface area contributed by atoms with Crippen molar-refractivity contribution in [2.24, 2.45) is 5.73 Å². The molecule has 0 aliphatic carbocycles. The highest BCUT2D eigenvalue weighted by Crippen LogP contribution is 2.22. The predicted octanol–water partition coefficient (Wildman–Crippen LogP) is 2.30. The van der Waals surface area contributed by atoms with Crippen LogP contribution in [0.25, 0.3) is 10.1 Å². The zero-order valence-electron chi connectivity index (χ0n) is 11.1. The Morgan fingerprint density at radius 3 is 2.74 bits per heavy atom. The van der Waals surface area contributed by atoms with Crippen molar-refractivity contribution in [3.8, 4) is 0 Å². The minimum Gasteiger partial charge on any atom is -0.443 e. The second-order valence-electron chi connectivity index (χ2n) is 5.17. The van der Waals surface area contributed by atoms with Crippen LogP contribution in [0.2, 0.25) is 0 Å². The molecule has 2 heterocycles. The first-order valence-electron chi connectivity index (χ1n) is 5.89. The van der Waals surface area contributed by atoms with E-state index in [0.717, 1.165) is 14.8 Å². The Bertz CT molecular complexity index is 679. The highest BCUT2D eigenvalue weighted by molar-refractivity contribution is 7.19. The molecular weight excluding hydrogens is 264 g/mol. The van der Waals surface area contributed by atoms with Gasteiger partial charge in [0, 0.05) is 17.6 Å². The lowest BCUT2D eigenvalue weighted by Gasteiger charge is -2.19. The zero-order valence-corrected chi connectivity index (χ0v) is 11.9. The van der Waals surface area contributed by atoms with Gasteiger partial charge in [0.15, 0.2) is 0 Å². The normalized spacial score (nSPS) is 11.8. The molecule has 0 amide bonds. The molecule has 0 bridgehead atoms. The molecule has 0 spiro atoms. The minimum absolute atomic E-state index is 0.364. The highest BCUT2D eigenvalue weighted by atomic mass is 32.1. The molecule has 5 nitrogen and oxygen atoms in total. The average molecular weight is 280 g/mol. The summed E-state index contributed by atoms with van der Waals surface area (Å²) in [6, 6.07) is 3.58. The molecule has 0 fully saturated rings. The number of nitrogens with two attached hydrogens (primary N) is 1. The fraction of sp³-hybridized carbons (Fsp3) is 0.385. The predicted molar refractivity (Wildman–Crippen MR) is 75.6 cm³/mol. The molecule has 0 aliphatic rings. The first kappa shape index (κ1) is 13.8. The Balaban J connectivity index is 2.48. The van der Waals surface area contributed by atoms with Gasteiger partial charge in [0.25, 0.3) is 5.56 Å². The van der Waals surface area contributed by atoms with Crippen molar-refractivity contribution < 1.29 is 9.53 Å². The van der Waals surface area contributed by atoms with Crippen LogP contribution in [0, 0.1) is 0 Å². The molecule has 19 heavy (non-hydrogen) atoms. The summed E-state index contributed by atoms with van der Waals surface area (Å²) < 4.78 is 6.70. The van der Waals surface area contributed by atoms with E-state index < -0.39 is 11.7 Å². The quantitative estimate of drug-likeness (QED) is 0.869. The maximum atomic E-state index is 12.2. The molecule has 0 radical (unpaired) electrons. The molecule has 0 atom stereocenters. The van der Waals surface area contributed by atoms with Gasteiger partial charge in [0.1, 0.15) is 10.3 Å². The molecule has 2 N–H and O–H groups in total. The number of thiophene rings is 1. The van der Waals surface area contributed by atoms with Crippen LogP contribution in [0.5, 0.6) is 0 Å². The molecule has 6 heteroatoms. The van der Waals surface area contributed by atoms with E-state index in [1.807, 2.05) is 6.07 Å². The van der Waals surface area contributed by atoms with E-state index in [-0.39, 0.29) is 5.56 Å². The molecular formula is C13H16N2O3S. The maximum absolute atomic E-state index is 12.2. The third kappa shape index (κ3) is 2.85. The van der Waals surface area contributed by atoms with Crippen molar-refractivity contribution >= 4 is 27.5 Å². The first-order chi connectivity index (χ1) is 8.81. The van der Waals surface area contributed by atoms with Crippen LogP contribution in [0.1, 0.15) is 25.6 Å². The van der Waals surface area contributed by atoms with Crippen molar-refractivity contribution in [2.75, 3.05) is 0 Å². The largest absolute Gasteiger partial charge is 0.443 e. The molecule has 102 valence electrons. The van der Waals surface area contributed by atoms with Crippen LogP contribution in [-0.4, -0.2) is 16.3 Å². The van der Waals surface area contributed by atoms with Gasteiger partial charge >= 0.3 is 6.09 Å². The minimum atomic E-state index is -0.665. The van der Waals surface area contributed by atoms with E-state index in [2.05, 4.69) is 0 Å². The van der Waals surface area contributed by atoms with Gasteiger partial charge in [-0.1, -0.05) is 0 Å². The fourth-order valence-electron chi connectivity index (χ4n) is 1.64. The summed E-state index contributed by atoms with van der Waals surface area (Å²) in [5.41, 5.74) is 4.55. The molecule has 2 rings (SSSR count). The van der Waals surface area contributed by atoms with Crippen molar-refractivity contribution in [2.45, 2.75) is 32.9 Å². The maximum Gasteiger partial charge on any atom is 0.421 e. The van der Waals surface area contributed by atoms with E-state index in [9.17, 15) is 9.59 Å². The molecule has 0 saturated heterocycles. The summed E-state index contributed by atoms with van der Waals surface area (Å²) in [7, 11) is 0. The lowest BCUT2D eigenvalue weighted by molar-refractivity contribution is 0.0531. The monoisotopic (exact) mass is 280 g/mol. The van der Waals surface area contributed by atoms with E-state index in [0.29, 0.717) is 11.2 Å². The van der Waals surface area contributed by atoms with Crippen LogP contribution in [0.3, 0.4) is 0 Å². The second-order valence-corrected chi connectivity index (χ2v) is 6.31. The lowest BCUT2D eigenvalue weighted by Crippen LogP contribution is -2.33. The Hall–Kier alpha value is -1.66. The van der Waals surface area contributed by atoms with E-state index >= 15 is 0 Å². The number of rotatable bonds is 1. The number of carbonyl (C=O) groups is 1. The number of nitrogens with zero attached hydrogens (tertiary/aromatic N) is 1. The third-order valence-corrected chi connectivity index (χ3v) is 3.58. The van der Waals surface area contributed by atoms with Crippen LogP contribution in [0.15, 0.2) is 23.1 Å². The Kier molecular flexibility index (Phi) is 3.47. The van der Waals surface area contributed by atoms with Crippen LogP contribution in [0.4, 0.5) is 4.79 Å². The van der Waals surface area contributed by atoms with Crippen LogP contribution < -0.4 is 11.3 Å². The highest BCUT2D eigenvalue weighted by Gasteiger charge is 2.19. The molecule has 0 unspecified atom stereocenters. The smallest absolute Gasteiger partial charge is 0.421 e. The first-order valence-corrected chi connectivity index (χ1v) is 6.71. The Morgan fingerprint density at radius 2 is 2.16 bits per heavy atom. The van der Waals surface area contributed by atoms with E-state index in [1.54, 1.807) is 26.8 Å². The number of pyridine rings is 1. The SMILES string of the molecule is CC(C)(C)OC(=O)n1ccc2cc(CN)sc2c1=O. The number of fused-ring (bicyclic) bond motifs is 1. The zero-order chi connectivity index (χ0) is 14.2. The van der Waals surface area contributed by atoms with Gasteiger partial charge in [-0.2, -0.15) is 0 Å². The summed E-state index contributed by atoms with van der Waals surface area (Å²) in [4.78, 5) is 25.0. The summed E-state index contributed by atoms with van der Waals surface area (Å²) in [5, 5.41) is 0.801. The summed E-state index contributed by atoms with van der Waals surface area (Å²) in [5.74, 6) is 0. The Labute approximate surface area is 114 Å². The van der Waals surface area contributed by atoms with Gasteiger partial charge in [-0.25, -0.2) is 9.36 Å². The molecule has 0 saturated carbocycles. The van der Waals surface area contributed by atoms with Crippen LogP contribution >= 0.6 is 11.3 Å². The summed E-state index contributed by atoms with van der Waals surface area (Å²) in [6.07, 6.45) is 0.772. The molecule has 0 aromatic carbocycles. The third-order valence-electron chi connectivity index (χ3n) is 2.42. The fourth-order valence-corrected chi connectivity index (χ4v) is 2.60. The number of aromatic nitrogens is 1. The van der Waals surface area contributed by atoms with Gasteiger partial charge in [-0.3, -0.25) is 4.79 Å². The van der Waals surface area contributed by atoms with Crippen molar-refractivity contribution in [3.63, 3.8) is 0 Å². The van der Waals surface area contributed by atoms with Gasteiger partial charge in [0.05, 0.1) is 0 Å². The topological polar surface area (TPSA) is 74.3 Å². The van der Waals surface area contributed by atoms with Gasteiger partial charge in [-0.15, -0.1) is 11.3 Å². The van der Waals surface area contributed by atoms with Crippen molar-refractivity contribution in [3.05, 3.63) is 33.6 Å². The molecule has 2 aromatic rings. The number of carbonyl (C=O) groups excluding carboxylic acids is 1.